The molecule has 0 aliphatic carbocycles. The Kier molecular flexibility index (Phi) is 5.53. The number of piperidine rings is 1. The van der Waals surface area contributed by atoms with E-state index >= 15 is 0 Å². The lowest BCUT2D eigenvalue weighted by Gasteiger charge is -2.33. The molecule has 2 aliphatic rings. The molecule has 1 aromatic rings. The minimum atomic E-state index is -3.41. The van der Waals surface area contributed by atoms with E-state index in [1.54, 1.807) is 24.3 Å². The van der Waals surface area contributed by atoms with E-state index in [1.807, 2.05) is 11.0 Å². The fourth-order valence-electron chi connectivity index (χ4n) is 3.28. The summed E-state index contributed by atoms with van der Waals surface area (Å²) in [5, 5.41) is 0. The summed E-state index contributed by atoms with van der Waals surface area (Å²) in [6.45, 7) is 3.52. The van der Waals surface area contributed by atoms with Gasteiger partial charge in [-0.15, -0.1) is 0 Å². The van der Waals surface area contributed by atoms with Gasteiger partial charge >= 0.3 is 0 Å². The highest BCUT2D eigenvalue weighted by atomic mass is 32.2. The summed E-state index contributed by atoms with van der Waals surface area (Å²) in [5.41, 5.74) is 0. The lowest BCUT2D eigenvalue weighted by molar-refractivity contribution is -0.136. The Hall–Kier alpha value is -1.44. The molecule has 0 radical (unpaired) electrons. The Morgan fingerprint density at radius 2 is 1.67 bits per heavy atom. The maximum Gasteiger partial charge on any atom is 0.243 e. The highest BCUT2D eigenvalue weighted by molar-refractivity contribution is 7.89. The number of benzene rings is 1. The predicted octanol–water partition coefficient (Wildman–Crippen LogP) is 1.34. The molecule has 2 aliphatic heterocycles. The molecule has 0 bridgehead atoms. The van der Waals surface area contributed by atoms with Crippen molar-refractivity contribution < 1.29 is 17.9 Å². The van der Waals surface area contributed by atoms with Gasteiger partial charge < -0.3 is 9.64 Å². The van der Waals surface area contributed by atoms with E-state index in [9.17, 15) is 13.2 Å². The molecule has 2 heterocycles. The number of rotatable bonds is 4. The van der Waals surface area contributed by atoms with Crippen LogP contribution in [0.5, 0.6) is 0 Å². The average Bonchev–Trinajstić information content (AvgIpc) is 2.63. The molecule has 0 unspecified atom stereocenters. The van der Waals surface area contributed by atoms with E-state index in [2.05, 4.69) is 0 Å². The maximum atomic E-state index is 12.6. The lowest BCUT2D eigenvalue weighted by Crippen LogP contribution is -2.43. The second kappa shape index (κ2) is 7.63. The first-order chi connectivity index (χ1) is 11.6. The molecule has 2 fully saturated rings. The van der Waals surface area contributed by atoms with Gasteiger partial charge in [0.2, 0.25) is 15.9 Å². The number of nitrogens with zero attached hydrogens (tertiary/aromatic N) is 2. The SMILES string of the molecule is O=C(CC1CCN(S(=O)(=O)c2ccccc2)CC1)N1CCOCC1. The molecule has 0 spiro atoms. The van der Waals surface area contributed by atoms with Crippen molar-refractivity contribution in [1.82, 2.24) is 9.21 Å². The number of morpholine rings is 1. The van der Waals surface area contributed by atoms with Crippen LogP contribution in [0, 0.1) is 5.92 Å². The Bertz CT molecular complexity index is 648. The van der Waals surface area contributed by atoms with E-state index < -0.39 is 10.0 Å². The van der Waals surface area contributed by atoms with Crippen LogP contribution in [0.3, 0.4) is 0 Å². The van der Waals surface area contributed by atoms with Gasteiger partial charge in [0.25, 0.3) is 0 Å². The number of carbonyl (C=O) groups excluding carboxylic acids is 1. The van der Waals surface area contributed by atoms with Crippen molar-refractivity contribution in [3.63, 3.8) is 0 Å². The highest BCUT2D eigenvalue weighted by Gasteiger charge is 2.31. The fraction of sp³-hybridized carbons (Fsp3) is 0.588. The number of hydrogen-bond donors (Lipinski definition) is 0. The van der Waals surface area contributed by atoms with Crippen molar-refractivity contribution in [2.24, 2.45) is 5.92 Å². The molecule has 2 saturated heterocycles. The molecule has 0 atom stereocenters. The van der Waals surface area contributed by atoms with Crippen LogP contribution in [0.4, 0.5) is 0 Å². The van der Waals surface area contributed by atoms with Crippen LogP contribution >= 0.6 is 0 Å². The van der Waals surface area contributed by atoms with Crippen molar-refractivity contribution in [2.45, 2.75) is 24.2 Å². The van der Waals surface area contributed by atoms with Gasteiger partial charge in [-0.3, -0.25) is 4.79 Å². The zero-order valence-corrected chi connectivity index (χ0v) is 14.6. The van der Waals surface area contributed by atoms with E-state index in [0.717, 1.165) is 12.8 Å². The quantitative estimate of drug-likeness (QED) is 0.820. The molecule has 1 aromatic carbocycles. The molecule has 3 rings (SSSR count). The molecule has 0 N–H and O–H groups in total. The second-order valence-corrected chi connectivity index (χ2v) is 8.30. The molecule has 0 aromatic heterocycles. The van der Waals surface area contributed by atoms with E-state index in [4.69, 9.17) is 4.74 Å². The van der Waals surface area contributed by atoms with Gasteiger partial charge in [0, 0.05) is 32.6 Å². The Morgan fingerprint density at radius 3 is 2.29 bits per heavy atom. The number of amides is 1. The van der Waals surface area contributed by atoms with Gasteiger partial charge in [-0.2, -0.15) is 4.31 Å². The van der Waals surface area contributed by atoms with Crippen molar-refractivity contribution in [2.75, 3.05) is 39.4 Å². The molecule has 24 heavy (non-hydrogen) atoms. The minimum absolute atomic E-state index is 0.169. The van der Waals surface area contributed by atoms with Gasteiger partial charge in [-0.25, -0.2) is 8.42 Å². The zero-order valence-electron chi connectivity index (χ0n) is 13.8. The largest absolute Gasteiger partial charge is 0.378 e. The zero-order chi connectivity index (χ0) is 17.0. The smallest absolute Gasteiger partial charge is 0.243 e. The normalized spacial score (nSPS) is 20.9. The third kappa shape index (κ3) is 3.96. The summed E-state index contributed by atoms with van der Waals surface area (Å²) in [7, 11) is -3.41. The summed E-state index contributed by atoms with van der Waals surface area (Å²) in [4.78, 5) is 14.5. The van der Waals surface area contributed by atoms with Crippen LogP contribution < -0.4 is 0 Å². The molecule has 7 heteroatoms. The first-order valence-corrected chi connectivity index (χ1v) is 9.92. The van der Waals surface area contributed by atoms with E-state index in [0.29, 0.717) is 50.7 Å². The van der Waals surface area contributed by atoms with Crippen LogP contribution in [0.15, 0.2) is 35.2 Å². The summed E-state index contributed by atoms with van der Waals surface area (Å²) >= 11 is 0. The Morgan fingerprint density at radius 1 is 1.04 bits per heavy atom. The molecule has 0 saturated carbocycles. The van der Waals surface area contributed by atoms with Crippen molar-refractivity contribution in [1.29, 1.82) is 0 Å². The number of sulfonamides is 1. The van der Waals surface area contributed by atoms with Crippen LogP contribution in [0.1, 0.15) is 19.3 Å². The van der Waals surface area contributed by atoms with Gasteiger partial charge in [0.05, 0.1) is 18.1 Å². The third-order valence-corrected chi connectivity index (χ3v) is 6.69. The molecule has 132 valence electrons. The van der Waals surface area contributed by atoms with Crippen molar-refractivity contribution in [3.8, 4) is 0 Å². The van der Waals surface area contributed by atoms with Crippen molar-refractivity contribution >= 4 is 15.9 Å². The van der Waals surface area contributed by atoms with E-state index in [-0.39, 0.29) is 11.8 Å². The lowest BCUT2D eigenvalue weighted by atomic mass is 9.94. The van der Waals surface area contributed by atoms with Gasteiger partial charge in [-0.1, -0.05) is 18.2 Å². The molecular weight excluding hydrogens is 328 g/mol. The molecular formula is C17H24N2O4S. The summed E-state index contributed by atoms with van der Waals surface area (Å²) in [6, 6.07) is 8.54. The summed E-state index contributed by atoms with van der Waals surface area (Å²) < 4.78 is 32.0. The van der Waals surface area contributed by atoms with Crippen molar-refractivity contribution in [3.05, 3.63) is 30.3 Å². The second-order valence-electron chi connectivity index (χ2n) is 6.36. The van der Waals surface area contributed by atoms with Gasteiger partial charge in [0.15, 0.2) is 0 Å². The number of ether oxygens (including phenoxy) is 1. The molecule has 6 nitrogen and oxygen atoms in total. The first kappa shape index (κ1) is 17.4. The minimum Gasteiger partial charge on any atom is -0.378 e. The van der Waals surface area contributed by atoms with E-state index in [1.165, 1.54) is 4.31 Å². The monoisotopic (exact) mass is 352 g/mol. The van der Waals surface area contributed by atoms with Gasteiger partial charge in [0.1, 0.15) is 0 Å². The third-order valence-electron chi connectivity index (χ3n) is 4.78. The van der Waals surface area contributed by atoms with Crippen LogP contribution in [0.25, 0.3) is 0 Å². The summed E-state index contributed by atoms with van der Waals surface area (Å²) in [5.74, 6) is 0.435. The average molecular weight is 352 g/mol. The Labute approximate surface area is 143 Å². The highest BCUT2D eigenvalue weighted by Crippen LogP contribution is 2.26. The number of carbonyl (C=O) groups is 1. The Balaban J connectivity index is 1.53. The van der Waals surface area contributed by atoms with Crippen LogP contribution in [0.2, 0.25) is 0 Å². The summed E-state index contributed by atoms with van der Waals surface area (Å²) in [6.07, 6.45) is 1.99. The van der Waals surface area contributed by atoms with Crippen LogP contribution in [-0.4, -0.2) is 62.9 Å². The standard InChI is InChI=1S/C17H24N2O4S/c20-17(18-10-12-23-13-11-18)14-15-6-8-19(9-7-15)24(21,22)16-4-2-1-3-5-16/h1-5,15H,6-14H2. The first-order valence-electron chi connectivity index (χ1n) is 8.48. The topological polar surface area (TPSA) is 66.9 Å². The molecule has 1 amide bonds. The fourth-order valence-corrected chi connectivity index (χ4v) is 4.77. The maximum absolute atomic E-state index is 12.6. The number of hydrogen-bond acceptors (Lipinski definition) is 4. The van der Waals surface area contributed by atoms with Crippen LogP contribution in [-0.2, 0) is 19.6 Å². The van der Waals surface area contributed by atoms with Gasteiger partial charge in [-0.05, 0) is 30.9 Å². The predicted molar refractivity (Wildman–Crippen MR) is 89.9 cm³/mol.